The standard InChI is InChI=1S/C16H12O2S/c1-18-16(17)15-12-7-4-2-3-6-11(12)10-13(15)14-8-5-9-19-14/h2-10H,1H3. The van der Waals surface area contributed by atoms with E-state index in [1.165, 1.54) is 7.11 Å². The van der Waals surface area contributed by atoms with Crippen LogP contribution in [-0.4, -0.2) is 13.1 Å². The predicted octanol–water partition coefficient (Wildman–Crippen LogP) is 4.31. The number of carbonyl (C=O) groups is 1. The highest BCUT2D eigenvalue weighted by atomic mass is 32.1. The molecule has 0 bridgehead atoms. The van der Waals surface area contributed by atoms with Crippen LogP contribution in [0.1, 0.15) is 10.4 Å². The molecule has 1 aromatic heterocycles. The number of hydrogen-bond acceptors (Lipinski definition) is 3. The Balaban J connectivity index is 2.32. The summed E-state index contributed by atoms with van der Waals surface area (Å²) >= 11 is 1.62. The van der Waals surface area contributed by atoms with Crippen LogP contribution >= 0.6 is 11.3 Å². The van der Waals surface area contributed by atoms with Crippen LogP contribution in [0.4, 0.5) is 0 Å². The zero-order valence-corrected chi connectivity index (χ0v) is 11.2. The van der Waals surface area contributed by atoms with Crippen molar-refractivity contribution in [2.45, 2.75) is 0 Å². The molecule has 0 radical (unpaired) electrons. The van der Waals surface area contributed by atoms with Crippen molar-refractivity contribution in [3.05, 3.63) is 59.5 Å². The van der Waals surface area contributed by atoms with E-state index in [1.54, 1.807) is 11.3 Å². The van der Waals surface area contributed by atoms with Gasteiger partial charge in [-0.2, -0.15) is 0 Å². The molecule has 0 N–H and O–H groups in total. The Morgan fingerprint density at radius 3 is 2.63 bits per heavy atom. The lowest BCUT2D eigenvalue weighted by molar-refractivity contribution is 0.0603. The number of thiophene rings is 1. The molecule has 1 heterocycles. The van der Waals surface area contributed by atoms with Gasteiger partial charge < -0.3 is 4.74 Å². The summed E-state index contributed by atoms with van der Waals surface area (Å²) in [6.07, 6.45) is 0. The third kappa shape index (κ3) is 2.02. The maximum atomic E-state index is 12.1. The van der Waals surface area contributed by atoms with Gasteiger partial charge in [-0.1, -0.05) is 36.4 Å². The van der Waals surface area contributed by atoms with Crippen LogP contribution < -0.4 is 0 Å². The Bertz CT molecular complexity index is 686. The first-order chi connectivity index (χ1) is 9.31. The highest BCUT2D eigenvalue weighted by Crippen LogP contribution is 2.39. The first-order valence-electron chi connectivity index (χ1n) is 5.95. The monoisotopic (exact) mass is 268 g/mol. The van der Waals surface area contributed by atoms with Gasteiger partial charge in [0.1, 0.15) is 0 Å². The zero-order valence-electron chi connectivity index (χ0n) is 10.4. The maximum absolute atomic E-state index is 12.1. The van der Waals surface area contributed by atoms with Gasteiger partial charge in [-0.25, -0.2) is 4.79 Å². The summed E-state index contributed by atoms with van der Waals surface area (Å²) < 4.78 is 4.94. The van der Waals surface area contributed by atoms with Gasteiger partial charge in [-0.05, 0) is 28.6 Å². The van der Waals surface area contributed by atoms with Crippen LogP contribution in [0.25, 0.3) is 21.6 Å². The molecule has 1 aromatic rings. The molecule has 0 atom stereocenters. The van der Waals surface area contributed by atoms with E-state index in [0.717, 1.165) is 21.6 Å². The molecule has 0 amide bonds. The third-order valence-electron chi connectivity index (χ3n) is 3.09. The van der Waals surface area contributed by atoms with Gasteiger partial charge in [-0.15, -0.1) is 11.3 Å². The second-order valence-corrected chi connectivity index (χ2v) is 5.13. The number of esters is 1. The molecule has 2 nitrogen and oxygen atoms in total. The molecular formula is C16H12O2S. The topological polar surface area (TPSA) is 26.3 Å². The van der Waals surface area contributed by atoms with Gasteiger partial charge in [0.15, 0.2) is 0 Å². The van der Waals surface area contributed by atoms with Crippen LogP contribution in [0.3, 0.4) is 0 Å². The maximum Gasteiger partial charge on any atom is 0.339 e. The lowest BCUT2D eigenvalue weighted by Gasteiger charge is -2.02. The Hall–Kier alpha value is -2.13. The largest absolute Gasteiger partial charge is 0.465 e. The van der Waals surface area contributed by atoms with Gasteiger partial charge in [0.25, 0.3) is 0 Å². The fraction of sp³-hybridized carbons (Fsp3) is 0.0625. The summed E-state index contributed by atoms with van der Waals surface area (Å²) in [6.45, 7) is 0. The van der Waals surface area contributed by atoms with Crippen LogP contribution in [0.5, 0.6) is 0 Å². The first kappa shape index (κ1) is 11.9. The fourth-order valence-electron chi connectivity index (χ4n) is 2.24. The number of carbonyl (C=O) groups excluding carboxylic acids is 1. The average molecular weight is 268 g/mol. The molecule has 3 heteroatoms. The van der Waals surface area contributed by atoms with Crippen LogP contribution in [-0.2, 0) is 4.74 Å². The van der Waals surface area contributed by atoms with E-state index in [1.807, 2.05) is 53.9 Å². The summed E-state index contributed by atoms with van der Waals surface area (Å²) in [6, 6.07) is 15.9. The average Bonchev–Trinajstić information content (AvgIpc) is 3.01. The quantitative estimate of drug-likeness (QED) is 0.647. The van der Waals surface area contributed by atoms with Crippen molar-refractivity contribution >= 4 is 17.3 Å². The van der Waals surface area contributed by atoms with Crippen molar-refractivity contribution < 1.29 is 9.53 Å². The Labute approximate surface area is 115 Å². The molecule has 3 rings (SSSR count). The van der Waals surface area contributed by atoms with E-state index in [9.17, 15) is 4.79 Å². The molecule has 2 aliphatic carbocycles. The van der Waals surface area contributed by atoms with Gasteiger partial charge in [0.2, 0.25) is 0 Å². The minimum atomic E-state index is -0.287. The van der Waals surface area contributed by atoms with Crippen LogP contribution in [0.15, 0.2) is 53.9 Å². The molecule has 2 aliphatic rings. The Morgan fingerprint density at radius 1 is 1.05 bits per heavy atom. The van der Waals surface area contributed by atoms with Crippen molar-refractivity contribution in [1.29, 1.82) is 0 Å². The smallest absolute Gasteiger partial charge is 0.339 e. The van der Waals surface area contributed by atoms with E-state index >= 15 is 0 Å². The SMILES string of the molecule is COC(=O)c1c2cccccc-2cc1-c1cccs1. The van der Waals surface area contributed by atoms with E-state index in [2.05, 4.69) is 0 Å². The highest BCUT2D eigenvalue weighted by Gasteiger charge is 2.22. The Morgan fingerprint density at radius 2 is 1.89 bits per heavy atom. The molecular weight excluding hydrogens is 256 g/mol. The lowest BCUT2D eigenvalue weighted by atomic mass is 10.1. The second-order valence-electron chi connectivity index (χ2n) is 4.18. The molecule has 0 saturated heterocycles. The van der Waals surface area contributed by atoms with Crippen molar-refractivity contribution in [3.63, 3.8) is 0 Å². The minimum Gasteiger partial charge on any atom is -0.465 e. The second kappa shape index (κ2) is 4.86. The zero-order chi connectivity index (χ0) is 13.2. The summed E-state index contributed by atoms with van der Waals surface area (Å²) in [4.78, 5) is 13.2. The highest BCUT2D eigenvalue weighted by molar-refractivity contribution is 7.13. The molecule has 94 valence electrons. The number of rotatable bonds is 2. The van der Waals surface area contributed by atoms with Gasteiger partial charge in [0.05, 0.1) is 12.7 Å². The van der Waals surface area contributed by atoms with E-state index in [-0.39, 0.29) is 5.97 Å². The first-order valence-corrected chi connectivity index (χ1v) is 6.83. The van der Waals surface area contributed by atoms with Gasteiger partial charge in [0, 0.05) is 10.4 Å². The van der Waals surface area contributed by atoms with Gasteiger partial charge >= 0.3 is 5.97 Å². The van der Waals surface area contributed by atoms with Gasteiger partial charge in [-0.3, -0.25) is 0 Å². The number of hydrogen-bond donors (Lipinski definition) is 0. The normalized spacial score (nSPS) is 10.6. The van der Waals surface area contributed by atoms with Crippen molar-refractivity contribution in [2.75, 3.05) is 7.11 Å². The number of methoxy groups -OCH3 is 1. The molecule has 0 unspecified atom stereocenters. The summed E-state index contributed by atoms with van der Waals surface area (Å²) in [5, 5.41) is 2.01. The molecule has 0 spiro atoms. The van der Waals surface area contributed by atoms with E-state index < -0.39 is 0 Å². The third-order valence-corrected chi connectivity index (χ3v) is 3.99. The fourth-order valence-corrected chi connectivity index (χ4v) is 2.98. The molecule has 19 heavy (non-hydrogen) atoms. The van der Waals surface area contributed by atoms with Crippen LogP contribution in [0, 0.1) is 0 Å². The summed E-state index contributed by atoms with van der Waals surface area (Å²) in [5.74, 6) is -0.287. The number of fused-ring (bicyclic) bond motifs is 1. The van der Waals surface area contributed by atoms with Crippen molar-refractivity contribution in [2.24, 2.45) is 0 Å². The van der Waals surface area contributed by atoms with Crippen LogP contribution in [0.2, 0.25) is 0 Å². The summed E-state index contributed by atoms with van der Waals surface area (Å²) in [5.41, 5.74) is 3.58. The number of ether oxygens (including phenoxy) is 1. The lowest BCUT2D eigenvalue weighted by Crippen LogP contribution is -2.02. The molecule has 0 aliphatic heterocycles. The molecule has 0 aromatic carbocycles. The Kier molecular flexibility index (Phi) is 3.05. The minimum absolute atomic E-state index is 0.287. The van der Waals surface area contributed by atoms with Crippen molar-refractivity contribution in [3.8, 4) is 21.6 Å². The van der Waals surface area contributed by atoms with E-state index in [0.29, 0.717) is 5.56 Å². The van der Waals surface area contributed by atoms with Crippen molar-refractivity contribution in [1.82, 2.24) is 0 Å². The summed E-state index contributed by atoms with van der Waals surface area (Å²) in [7, 11) is 1.42. The molecule has 0 fully saturated rings. The molecule has 0 saturated carbocycles. The predicted molar refractivity (Wildman–Crippen MR) is 77.7 cm³/mol. The van der Waals surface area contributed by atoms with E-state index in [4.69, 9.17) is 4.74 Å².